The summed E-state index contributed by atoms with van der Waals surface area (Å²) < 4.78 is 0. The number of para-hydroxylation sites is 1. The van der Waals surface area contributed by atoms with Crippen molar-refractivity contribution in [3.05, 3.63) is 72.8 Å². The van der Waals surface area contributed by atoms with Gasteiger partial charge in [0.2, 0.25) is 5.95 Å². The maximum absolute atomic E-state index is 10.6. The SMILES string of the molecule is OC(c1ncc[nH]1)C1CCN(c2nc(-c3ccccc3)c3ccccc3n2)CC1. The van der Waals surface area contributed by atoms with Crippen molar-refractivity contribution in [2.24, 2.45) is 5.92 Å². The molecule has 2 N–H and O–H groups in total. The fraction of sp³-hybridized carbons (Fsp3) is 0.261. The second-order valence-electron chi connectivity index (χ2n) is 7.50. The first-order valence-corrected chi connectivity index (χ1v) is 10.0. The van der Waals surface area contributed by atoms with Crippen molar-refractivity contribution in [3.8, 4) is 11.3 Å². The summed E-state index contributed by atoms with van der Waals surface area (Å²) in [6, 6.07) is 18.4. The van der Waals surface area contributed by atoms with E-state index in [9.17, 15) is 5.11 Å². The summed E-state index contributed by atoms with van der Waals surface area (Å²) in [5.74, 6) is 1.59. The predicted molar refractivity (Wildman–Crippen MR) is 113 cm³/mol. The second-order valence-corrected chi connectivity index (χ2v) is 7.50. The van der Waals surface area contributed by atoms with Gasteiger partial charge in [-0.2, -0.15) is 0 Å². The number of imidazole rings is 1. The van der Waals surface area contributed by atoms with Crippen molar-refractivity contribution in [3.63, 3.8) is 0 Å². The molecule has 1 aliphatic heterocycles. The molecule has 0 aliphatic carbocycles. The van der Waals surface area contributed by atoms with Crippen LogP contribution in [0.5, 0.6) is 0 Å². The molecule has 2 aromatic carbocycles. The molecule has 1 atom stereocenters. The summed E-state index contributed by atoms with van der Waals surface area (Å²) in [4.78, 5) is 19.2. The quantitative estimate of drug-likeness (QED) is 0.556. The highest BCUT2D eigenvalue weighted by Gasteiger charge is 2.29. The number of aliphatic hydroxyl groups excluding tert-OH is 1. The number of H-pyrrole nitrogens is 1. The minimum absolute atomic E-state index is 0.187. The van der Waals surface area contributed by atoms with Gasteiger partial charge in [-0.15, -0.1) is 0 Å². The number of piperidine rings is 1. The molecule has 0 amide bonds. The van der Waals surface area contributed by atoms with Crippen molar-refractivity contribution in [1.82, 2.24) is 19.9 Å². The average Bonchev–Trinajstić information content (AvgIpc) is 3.33. The van der Waals surface area contributed by atoms with Gasteiger partial charge in [-0.25, -0.2) is 15.0 Å². The lowest BCUT2D eigenvalue weighted by atomic mass is 9.91. The van der Waals surface area contributed by atoms with E-state index in [0.717, 1.165) is 54.0 Å². The minimum atomic E-state index is -0.551. The highest BCUT2D eigenvalue weighted by Crippen LogP contribution is 2.32. The van der Waals surface area contributed by atoms with E-state index in [1.54, 1.807) is 12.4 Å². The zero-order valence-corrected chi connectivity index (χ0v) is 16.1. The highest BCUT2D eigenvalue weighted by molar-refractivity contribution is 5.93. The van der Waals surface area contributed by atoms with Crippen LogP contribution >= 0.6 is 0 Å². The number of aliphatic hydroxyl groups is 1. The molecule has 146 valence electrons. The molecule has 1 fully saturated rings. The van der Waals surface area contributed by atoms with E-state index < -0.39 is 6.10 Å². The van der Waals surface area contributed by atoms with Crippen molar-refractivity contribution in [1.29, 1.82) is 0 Å². The van der Waals surface area contributed by atoms with Crippen LogP contribution in [0.4, 0.5) is 5.95 Å². The Morgan fingerprint density at radius 2 is 1.72 bits per heavy atom. The van der Waals surface area contributed by atoms with Crippen molar-refractivity contribution in [2.45, 2.75) is 18.9 Å². The number of anilines is 1. The van der Waals surface area contributed by atoms with Gasteiger partial charge in [0, 0.05) is 36.4 Å². The lowest BCUT2D eigenvalue weighted by Gasteiger charge is -2.34. The number of hydrogen-bond donors (Lipinski definition) is 2. The molecule has 5 rings (SSSR count). The molecule has 6 nitrogen and oxygen atoms in total. The lowest BCUT2D eigenvalue weighted by molar-refractivity contribution is 0.0855. The van der Waals surface area contributed by atoms with Gasteiger partial charge < -0.3 is 15.0 Å². The number of rotatable bonds is 4. The van der Waals surface area contributed by atoms with E-state index in [1.165, 1.54) is 0 Å². The van der Waals surface area contributed by atoms with Gasteiger partial charge in [-0.1, -0.05) is 48.5 Å². The van der Waals surface area contributed by atoms with E-state index in [2.05, 4.69) is 33.1 Å². The van der Waals surface area contributed by atoms with Crippen LogP contribution in [0.2, 0.25) is 0 Å². The van der Waals surface area contributed by atoms with Crippen LogP contribution in [0, 0.1) is 5.92 Å². The molecule has 0 saturated carbocycles. The number of benzene rings is 2. The van der Waals surface area contributed by atoms with Crippen LogP contribution in [-0.2, 0) is 0 Å². The van der Waals surface area contributed by atoms with E-state index >= 15 is 0 Å². The zero-order valence-electron chi connectivity index (χ0n) is 16.1. The molecule has 1 saturated heterocycles. The molecule has 1 aliphatic rings. The Labute approximate surface area is 169 Å². The maximum Gasteiger partial charge on any atom is 0.226 e. The van der Waals surface area contributed by atoms with Crippen molar-refractivity contribution < 1.29 is 5.11 Å². The van der Waals surface area contributed by atoms with Crippen molar-refractivity contribution in [2.75, 3.05) is 18.0 Å². The summed E-state index contributed by atoms with van der Waals surface area (Å²) >= 11 is 0. The topological polar surface area (TPSA) is 77.9 Å². The molecule has 4 aromatic rings. The number of nitrogens with zero attached hydrogens (tertiary/aromatic N) is 4. The Morgan fingerprint density at radius 1 is 0.966 bits per heavy atom. The van der Waals surface area contributed by atoms with E-state index in [-0.39, 0.29) is 5.92 Å². The van der Waals surface area contributed by atoms with Gasteiger partial charge in [0.1, 0.15) is 11.9 Å². The third-order valence-electron chi connectivity index (χ3n) is 5.71. The molecular weight excluding hydrogens is 362 g/mol. The number of nitrogens with one attached hydrogen (secondary N) is 1. The molecule has 2 aromatic heterocycles. The predicted octanol–water partition coefficient (Wildman–Crippen LogP) is 3.97. The molecule has 29 heavy (non-hydrogen) atoms. The standard InChI is InChI=1S/C23H23N5O/c29-21(22-24-12-13-25-22)17-10-14-28(15-11-17)23-26-19-9-5-4-8-18(19)20(27-23)16-6-2-1-3-7-16/h1-9,12-13,17,21,29H,10-11,14-15H2,(H,24,25). The first-order valence-electron chi connectivity index (χ1n) is 10.0. The van der Waals surface area contributed by atoms with E-state index in [1.807, 2.05) is 36.4 Å². The van der Waals surface area contributed by atoms with Gasteiger partial charge in [0.05, 0.1) is 11.2 Å². The summed E-state index contributed by atoms with van der Waals surface area (Å²) in [6.45, 7) is 1.63. The van der Waals surface area contributed by atoms with Gasteiger partial charge in [0.15, 0.2) is 0 Å². The van der Waals surface area contributed by atoms with Crippen LogP contribution < -0.4 is 4.90 Å². The number of aromatic amines is 1. The average molecular weight is 385 g/mol. The second kappa shape index (κ2) is 7.64. The normalized spacial score (nSPS) is 16.2. The van der Waals surface area contributed by atoms with Crippen LogP contribution in [0.25, 0.3) is 22.2 Å². The Hall–Kier alpha value is -3.25. The zero-order chi connectivity index (χ0) is 19.6. The number of hydrogen-bond acceptors (Lipinski definition) is 5. The molecule has 3 heterocycles. The molecule has 6 heteroatoms. The maximum atomic E-state index is 10.6. The third kappa shape index (κ3) is 3.47. The smallest absolute Gasteiger partial charge is 0.226 e. The largest absolute Gasteiger partial charge is 0.385 e. The minimum Gasteiger partial charge on any atom is -0.385 e. The van der Waals surface area contributed by atoms with Gasteiger partial charge in [-0.3, -0.25) is 0 Å². The van der Waals surface area contributed by atoms with Crippen LogP contribution in [-0.4, -0.2) is 38.1 Å². The summed E-state index contributed by atoms with van der Waals surface area (Å²) in [6.07, 6.45) is 4.63. The Balaban J connectivity index is 1.43. The number of fused-ring (bicyclic) bond motifs is 1. The van der Waals surface area contributed by atoms with Crippen molar-refractivity contribution >= 4 is 16.9 Å². The Kier molecular flexibility index (Phi) is 4.69. The molecule has 0 bridgehead atoms. The molecule has 0 spiro atoms. The van der Waals surface area contributed by atoms with Gasteiger partial charge in [0.25, 0.3) is 0 Å². The van der Waals surface area contributed by atoms with E-state index in [0.29, 0.717) is 5.82 Å². The summed E-state index contributed by atoms with van der Waals surface area (Å²) in [5, 5.41) is 11.6. The monoisotopic (exact) mass is 385 g/mol. The van der Waals surface area contributed by atoms with Gasteiger partial charge >= 0.3 is 0 Å². The summed E-state index contributed by atoms with van der Waals surface area (Å²) in [5.41, 5.74) is 3.01. The fourth-order valence-corrected chi connectivity index (χ4v) is 4.10. The van der Waals surface area contributed by atoms with Crippen LogP contribution in [0.15, 0.2) is 67.0 Å². The van der Waals surface area contributed by atoms with Gasteiger partial charge in [-0.05, 0) is 24.8 Å². The highest BCUT2D eigenvalue weighted by atomic mass is 16.3. The Bertz CT molecular complexity index is 1090. The van der Waals surface area contributed by atoms with E-state index in [4.69, 9.17) is 9.97 Å². The summed E-state index contributed by atoms with van der Waals surface area (Å²) in [7, 11) is 0. The van der Waals surface area contributed by atoms with Crippen LogP contribution in [0.3, 0.4) is 0 Å². The molecule has 0 radical (unpaired) electrons. The number of aromatic nitrogens is 4. The van der Waals surface area contributed by atoms with Crippen LogP contribution in [0.1, 0.15) is 24.8 Å². The molecule has 1 unspecified atom stereocenters. The first-order chi connectivity index (χ1) is 14.3. The third-order valence-corrected chi connectivity index (χ3v) is 5.71. The lowest BCUT2D eigenvalue weighted by Crippen LogP contribution is -2.37. The Morgan fingerprint density at radius 3 is 2.48 bits per heavy atom. The fourth-order valence-electron chi connectivity index (χ4n) is 4.10. The first kappa shape index (κ1) is 17.8. The molecular formula is C23H23N5O.